The highest BCUT2D eigenvalue weighted by molar-refractivity contribution is 5.69. The molecule has 0 fully saturated rings. The lowest BCUT2D eigenvalue weighted by Crippen LogP contribution is -2.27. The number of hydrogen-bond donors (Lipinski definition) is 1. The third-order valence-electron chi connectivity index (χ3n) is 8.77. The fraction of sp³-hybridized carbons (Fsp3) is 0.717. The average Bonchev–Trinajstić information content (AvgIpc) is 3.12. The van der Waals surface area contributed by atoms with Crippen molar-refractivity contribution in [1.29, 1.82) is 0 Å². The van der Waals surface area contributed by atoms with E-state index in [1.54, 1.807) is 0 Å². The van der Waals surface area contributed by atoms with E-state index in [2.05, 4.69) is 86.8 Å². The molecule has 0 aliphatic heterocycles. The van der Waals surface area contributed by atoms with Crippen molar-refractivity contribution in [1.82, 2.24) is 0 Å². The van der Waals surface area contributed by atoms with Crippen LogP contribution in [0.25, 0.3) is 0 Å². The molecule has 0 spiro atoms. The molecular weight excluding hydrogens is 617 g/mol. The van der Waals surface area contributed by atoms with E-state index in [0.29, 0.717) is 13.0 Å². The first kappa shape index (κ1) is 47.8. The topological polar surface area (TPSA) is 55.8 Å². The lowest BCUT2D eigenvalue weighted by molar-refractivity contribution is -0.154. The largest absolute Gasteiger partial charge is 0.457 e. The summed E-state index contributed by atoms with van der Waals surface area (Å²) in [5, 5.41) is 9.58. The summed E-state index contributed by atoms with van der Waals surface area (Å²) < 4.78 is 11.1. The van der Waals surface area contributed by atoms with Crippen LogP contribution >= 0.6 is 0 Å². The van der Waals surface area contributed by atoms with E-state index >= 15 is 0 Å². The maximum atomic E-state index is 12.2. The summed E-state index contributed by atoms with van der Waals surface area (Å²) >= 11 is 0. The minimum Gasteiger partial charge on any atom is -0.457 e. The van der Waals surface area contributed by atoms with E-state index in [-0.39, 0.29) is 19.2 Å². The Hall–Kier alpha value is -2.17. The molecule has 0 radical (unpaired) electrons. The van der Waals surface area contributed by atoms with Gasteiger partial charge < -0.3 is 14.6 Å². The molecule has 1 N–H and O–H groups in total. The number of carbonyl (C=O) groups is 1. The highest BCUT2D eigenvalue weighted by Gasteiger charge is 2.13. The van der Waals surface area contributed by atoms with E-state index in [4.69, 9.17) is 9.47 Å². The molecule has 1 atom stereocenters. The van der Waals surface area contributed by atoms with E-state index in [1.165, 1.54) is 116 Å². The fourth-order valence-electron chi connectivity index (χ4n) is 5.64. The average molecular weight is 697 g/mol. The molecule has 0 aromatic rings. The van der Waals surface area contributed by atoms with Crippen molar-refractivity contribution in [3.05, 3.63) is 72.9 Å². The van der Waals surface area contributed by atoms with Gasteiger partial charge in [-0.25, -0.2) is 0 Å². The molecule has 0 heterocycles. The van der Waals surface area contributed by atoms with Crippen LogP contribution in [0.3, 0.4) is 0 Å². The van der Waals surface area contributed by atoms with Crippen LogP contribution in [0.15, 0.2) is 72.9 Å². The molecule has 0 aromatic heterocycles. The first-order valence-electron chi connectivity index (χ1n) is 21.0. The Labute approximate surface area is 310 Å². The number of aliphatic hydroxyl groups excluding tert-OH is 1. The standard InChI is InChI=1S/C46H80O4/c1-3-5-7-9-11-13-15-17-18-19-20-21-22-23-24-25-26-27-28-29-31-33-35-37-39-41-46(48)50-45(43-47)44-49-42-40-38-36-34-32-30-16-14-12-10-8-6-4-2/h5,7,11-14,17-18,20-21,23-24,45,47H,3-4,6,8-10,15-16,19,22,25-44H2,1-2H3/b7-5-,13-11-,14-12-,18-17-,21-20-,24-23-. The first-order valence-corrected chi connectivity index (χ1v) is 21.0. The summed E-state index contributed by atoms with van der Waals surface area (Å²) in [6.45, 7) is 5.19. The van der Waals surface area contributed by atoms with Crippen LogP contribution in [0.5, 0.6) is 0 Å². The predicted molar refractivity (Wildman–Crippen MR) is 219 cm³/mol. The van der Waals surface area contributed by atoms with Crippen LogP contribution in [0.4, 0.5) is 0 Å². The summed E-state index contributed by atoms with van der Waals surface area (Å²) in [6.07, 6.45) is 58.1. The van der Waals surface area contributed by atoms with Crippen molar-refractivity contribution in [2.75, 3.05) is 19.8 Å². The number of allylic oxidation sites excluding steroid dienone is 12. The Bertz CT molecular complexity index is 865. The number of ether oxygens (including phenoxy) is 2. The lowest BCUT2D eigenvalue weighted by Gasteiger charge is -2.15. The van der Waals surface area contributed by atoms with Gasteiger partial charge in [0.2, 0.25) is 0 Å². The third-order valence-corrected chi connectivity index (χ3v) is 8.77. The maximum absolute atomic E-state index is 12.2. The van der Waals surface area contributed by atoms with Crippen LogP contribution < -0.4 is 0 Å². The number of aliphatic hydroxyl groups is 1. The van der Waals surface area contributed by atoms with Crippen molar-refractivity contribution >= 4 is 5.97 Å². The third kappa shape index (κ3) is 40.3. The van der Waals surface area contributed by atoms with Gasteiger partial charge in [0.15, 0.2) is 0 Å². The molecule has 0 aliphatic rings. The molecule has 288 valence electrons. The summed E-state index contributed by atoms with van der Waals surface area (Å²) in [4.78, 5) is 12.2. The highest BCUT2D eigenvalue weighted by Crippen LogP contribution is 2.13. The van der Waals surface area contributed by atoms with Crippen molar-refractivity contribution in [3.8, 4) is 0 Å². The molecule has 1 unspecified atom stereocenters. The van der Waals surface area contributed by atoms with Crippen LogP contribution in [0.2, 0.25) is 0 Å². The van der Waals surface area contributed by atoms with Crippen molar-refractivity contribution < 1.29 is 19.4 Å². The second kappa shape index (κ2) is 43.0. The Kier molecular flexibility index (Phi) is 41.1. The molecule has 0 saturated heterocycles. The number of carbonyl (C=O) groups excluding carboxylic acids is 1. The lowest BCUT2D eigenvalue weighted by atomic mass is 10.1. The Morgan fingerprint density at radius 3 is 1.38 bits per heavy atom. The van der Waals surface area contributed by atoms with E-state index in [1.807, 2.05) is 0 Å². The van der Waals surface area contributed by atoms with Gasteiger partial charge in [0.25, 0.3) is 0 Å². The van der Waals surface area contributed by atoms with Gasteiger partial charge in [-0.05, 0) is 83.5 Å². The molecule has 0 aromatic carbocycles. The van der Waals surface area contributed by atoms with Gasteiger partial charge in [-0.3, -0.25) is 4.79 Å². The van der Waals surface area contributed by atoms with E-state index < -0.39 is 6.10 Å². The number of rotatable bonds is 38. The molecule has 50 heavy (non-hydrogen) atoms. The summed E-state index contributed by atoms with van der Waals surface area (Å²) in [5.74, 6) is -0.212. The normalized spacial score (nSPS) is 13.1. The molecule has 4 nitrogen and oxygen atoms in total. The molecule has 0 aliphatic carbocycles. The number of hydrogen-bond acceptors (Lipinski definition) is 4. The zero-order chi connectivity index (χ0) is 36.3. The zero-order valence-electron chi connectivity index (χ0n) is 32.9. The molecular formula is C46H80O4. The molecule has 0 bridgehead atoms. The smallest absolute Gasteiger partial charge is 0.306 e. The minimum atomic E-state index is -0.543. The van der Waals surface area contributed by atoms with Crippen LogP contribution in [0, 0.1) is 0 Å². The SMILES string of the molecule is CC/C=C\C/C=C\C/C=C\C/C=C\C/C=C\CCCCCCCCCCCC(=O)OC(CO)COCCCCCCCC/C=C\CCCCC. The van der Waals surface area contributed by atoms with Gasteiger partial charge >= 0.3 is 5.97 Å². The van der Waals surface area contributed by atoms with Crippen molar-refractivity contribution in [3.63, 3.8) is 0 Å². The van der Waals surface area contributed by atoms with Crippen LogP contribution in [-0.4, -0.2) is 37.0 Å². The van der Waals surface area contributed by atoms with Crippen LogP contribution in [-0.2, 0) is 14.3 Å². The van der Waals surface area contributed by atoms with Gasteiger partial charge in [0.05, 0.1) is 13.2 Å². The van der Waals surface area contributed by atoms with Crippen molar-refractivity contribution in [2.45, 2.75) is 193 Å². The quantitative estimate of drug-likeness (QED) is 0.0397. The molecule has 0 amide bonds. The van der Waals surface area contributed by atoms with Gasteiger partial charge in [-0.1, -0.05) is 170 Å². The minimum absolute atomic E-state index is 0.179. The van der Waals surface area contributed by atoms with E-state index in [0.717, 1.165) is 51.4 Å². The second-order valence-corrected chi connectivity index (χ2v) is 13.7. The monoisotopic (exact) mass is 697 g/mol. The molecule has 4 heteroatoms. The number of unbranched alkanes of at least 4 members (excludes halogenated alkanes) is 18. The zero-order valence-corrected chi connectivity index (χ0v) is 32.9. The van der Waals surface area contributed by atoms with Crippen LogP contribution in [0.1, 0.15) is 187 Å². The second-order valence-electron chi connectivity index (χ2n) is 13.7. The predicted octanol–water partition coefficient (Wildman–Crippen LogP) is 13.8. The summed E-state index contributed by atoms with van der Waals surface area (Å²) in [7, 11) is 0. The van der Waals surface area contributed by atoms with E-state index in [9.17, 15) is 9.90 Å². The summed E-state index contributed by atoms with van der Waals surface area (Å²) in [5.41, 5.74) is 0. The highest BCUT2D eigenvalue weighted by atomic mass is 16.6. The molecule has 0 saturated carbocycles. The van der Waals surface area contributed by atoms with Gasteiger partial charge in [0.1, 0.15) is 6.10 Å². The Morgan fingerprint density at radius 1 is 0.500 bits per heavy atom. The molecule has 0 rings (SSSR count). The fourth-order valence-corrected chi connectivity index (χ4v) is 5.64. The van der Waals surface area contributed by atoms with Gasteiger partial charge in [-0.2, -0.15) is 0 Å². The summed E-state index contributed by atoms with van der Waals surface area (Å²) in [6, 6.07) is 0. The number of esters is 1. The van der Waals surface area contributed by atoms with Gasteiger partial charge in [0, 0.05) is 13.0 Å². The Balaban J connectivity index is 3.48. The van der Waals surface area contributed by atoms with Gasteiger partial charge in [-0.15, -0.1) is 0 Å². The maximum Gasteiger partial charge on any atom is 0.306 e. The first-order chi connectivity index (χ1) is 24.7. The Morgan fingerprint density at radius 2 is 0.900 bits per heavy atom. The van der Waals surface area contributed by atoms with Crippen molar-refractivity contribution in [2.24, 2.45) is 0 Å².